The fraction of sp³-hybridized carbons (Fsp3) is 0.105. The Balaban J connectivity index is 1.41. The number of para-hydroxylation sites is 1. The smallest absolute Gasteiger partial charge is 0.349 e. The molecule has 4 rings (SSSR count). The number of fused-ring (bicyclic) bond motifs is 1. The Morgan fingerprint density at radius 1 is 1.19 bits per heavy atom. The van der Waals surface area contributed by atoms with Crippen LogP contribution in [0.3, 0.4) is 0 Å². The van der Waals surface area contributed by atoms with Crippen molar-refractivity contribution in [3.05, 3.63) is 77.3 Å². The van der Waals surface area contributed by atoms with Crippen LogP contribution >= 0.6 is 0 Å². The van der Waals surface area contributed by atoms with Gasteiger partial charge in [0.15, 0.2) is 0 Å². The summed E-state index contributed by atoms with van der Waals surface area (Å²) in [4.78, 5) is 24.3. The maximum absolute atomic E-state index is 12.3. The van der Waals surface area contributed by atoms with Crippen LogP contribution in [-0.2, 0) is 6.54 Å². The Labute approximate surface area is 147 Å². The molecule has 0 aliphatic carbocycles. The summed E-state index contributed by atoms with van der Waals surface area (Å²) < 4.78 is 11.9. The predicted octanol–water partition coefficient (Wildman–Crippen LogP) is 2.68. The van der Waals surface area contributed by atoms with Crippen LogP contribution in [0.15, 0.2) is 74.9 Å². The molecule has 7 heteroatoms. The molecule has 0 fully saturated rings. The Morgan fingerprint density at radius 3 is 2.92 bits per heavy atom. The van der Waals surface area contributed by atoms with Gasteiger partial charge in [0.05, 0.1) is 25.3 Å². The number of furan rings is 1. The number of nitrogens with one attached hydrogen (secondary N) is 1. The predicted molar refractivity (Wildman–Crippen MR) is 94.7 cm³/mol. The summed E-state index contributed by atoms with van der Waals surface area (Å²) in [5.74, 6) is -0.466. The van der Waals surface area contributed by atoms with Crippen molar-refractivity contribution < 1.29 is 13.6 Å². The molecule has 1 amide bonds. The van der Waals surface area contributed by atoms with Gasteiger partial charge in [0.2, 0.25) is 0 Å². The monoisotopic (exact) mass is 349 g/mol. The lowest BCUT2D eigenvalue weighted by Crippen LogP contribution is -2.31. The number of aromatic nitrogens is 2. The minimum Gasteiger partial charge on any atom is -0.472 e. The first kappa shape index (κ1) is 15.9. The molecule has 0 spiro atoms. The second-order valence-corrected chi connectivity index (χ2v) is 5.75. The van der Waals surface area contributed by atoms with Gasteiger partial charge in [-0.15, -0.1) is 0 Å². The molecule has 3 heterocycles. The quantitative estimate of drug-likeness (QED) is 0.560. The van der Waals surface area contributed by atoms with E-state index in [0.29, 0.717) is 24.1 Å². The Bertz CT molecular complexity index is 1110. The number of hydrogen-bond donors (Lipinski definition) is 1. The topological polar surface area (TPSA) is 90.3 Å². The van der Waals surface area contributed by atoms with E-state index in [1.54, 1.807) is 47.7 Å². The van der Waals surface area contributed by atoms with Gasteiger partial charge in [-0.1, -0.05) is 18.2 Å². The van der Waals surface area contributed by atoms with E-state index in [-0.39, 0.29) is 5.56 Å². The molecule has 1 N–H and O–H groups in total. The van der Waals surface area contributed by atoms with Crippen molar-refractivity contribution >= 4 is 16.9 Å². The van der Waals surface area contributed by atoms with Crippen LogP contribution in [0, 0.1) is 0 Å². The second-order valence-electron chi connectivity index (χ2n) is 5.75. The number of nitrogens with zero attached hydrogens (tertiary/aromatic N) is 2. The van der Waals surface area contributed by atoms with Gasteiger partial charge in [-0.25, -0.2) is 4.79 Å². The highest BCUT2D eigenvalue weighted by Crippen LogP contribution is 2.18. The fourth-order valence-electron chi connectivity index (χ4n) is 2.66. The van der Waals surface area contributed by atoms with Gasteiger partial charge in [0, 0.05) is 29.3 Å². The third kappa shape index (κ3) is 3.14. The molecule has 1 aromatic carbocycles. The molecule has 0 bridgehead atoms. The molecule has 0 atom stereocenters. The van der Waals surface area contributed by atoms with E-state index in [1.807, 2.05) is 18.3 Å². The number of amides is 1. The Kier molecular flexibility index (Phi) is 4.10. The van der Waals surface area contributed by atoms with Crippen molar-refractivity contribution in [1.82, 2.24) is 15.1 Å². The molecular formula is C19H15N3O4. The number of carbonyl (C=O) groups is 1. The van der Waals surface area contributed by atoms with Gasteiger partial charge in [-0.05, 0) is 18.2 Å². The van der Waals surface area contributed by atoms with Crippen LogP contribution in [0.2, 0.25) is 0 Å². The summed E-state index contributed by atoms with van der Waals surface area (Å²) in [5.41, 5.74) is 1.66. The van der Waals surface area contributed by atoms with E-state index in [4.69, 9.17) is 8.83 Å². The molecule has 0 saturated heterocycles. The highest BCUT2D eigenvalue weighted by molar-refractivity contribution is 5.96. The van der Waals surface area contributed by atoms with Gasteiger partial charge in [0.25, 0.3) is 5.91 Å². The average Bonchev–Trinajstić information content (AvgIpc) is 3.32. The van der Waals surface area contributed by atoms with Gasteiger partial charge in [0.1, 0.15) is 11.1 Å². The standard InChI is InChI=1S/C19H15N3O4/c23-18(16-9-13-3-1-2-4-17(13)26-19(16)24)20-6-7-22-11-15(10-21-22)14-5-8-25-12-14/h1-5,8-12H,6-7H2,(H,20,23). The molecule has 0 saturated carbocycles. The molecule has 7 nitrogen and oxygen atoms in total. The molecule has 0 unspecified atom stereocenters. The lowest BCUT2D eigenvalue weighted by molar-refractivity contribution is 0.0948. The lowest BCUT2D eigenvalue weighted by atomic mass is 10.2. The molecule has 3 aromatic heterocycles. The van der Waals surface area contributed by atoms with Crippen LogP contribution < -0.4 is 10.9 Å². The number of benzene rings is 1. The minimum absolute atomic E-state index is 0.0109. The zero-order valence-electron chi connectivity index (χ0n) is 13.7. The fourth-order valence-corrected chi connectivity index (χ4v) is 2.66. The summed E-state index contributed by atoms with van der Waals surface area (Å²) in [6.45, 7) is 0.806. The van der Waals surface area contributed by atoms with Crippen LogP contribution in [0.5, 0.6) is 0 Å². The second kappa shape index (κ2) is 6.72. The van der Waals surface area contributed by atoms with Crippen LogP contribution in [0.25, 0.3) is 22.1 Å². The molecule has 130 valence electrons. The highest BCUT2D eigenvalue weighted by Gasteiger charge is 2.13. The summed E-state index contributed by atoms with van der Waals surface area (Å²) in [5, 5.41) is 7.67. The maximum atomic E-state index is 12.3. The zero-order valence-corrected chi connectivity index (χ0v) is 13.7. The van der Waals surface area contributed by atoms with E-state index < -0.39 is 11.5 Å². The summed E-state index contributed by atoms with van der Waals surface area (Å²) >= 11 is 0. The zero-order chi connectivity index (χ0) is 17.9. The lowest BCUT2D eigenvalue weighted by Gasteiger charge is -2.05. The van der Waals surface area contributed by atoms with E-state index in [9.17, 15) is 9.59 Å². The largest absolute Gasteiger partial charge is 0.472 e. The summed E-state index contributed by atoms with van der Waals surface area (Å²) in [6, 6.07) is 10.5. The van der Waals surface area contributed by atoms with Gasteiger partial charge in [-0.3, -0.25) is 9.48 Å². The molecule has 0 aliphatic heterocycles. The average molecular weight is 349 g/mol. The van der Waals surface area contributed by atoms with Crippen molar-refractivity contribution in [2.75, 3.05) is 6.54 Å². The Hall–Kier alpha value is -3.61. The van der Waals surface area contributed by atoms with Crippen molar-refractivity contribution in [2.24, 2.45) is 0 Å². The van der Waals surface area contributed by atoms with Crippen LogP contribution in [0.4, 0.5) is 0 Å². The summed E-state index contributed by atoms with van der Waals surface area (Å²) in [6.07, 6.45) is 6.83. The van der Waals surface area contributed by atoms with Crippen molar-refractivity contribution in [2.45, 2.75) is 6.54 Å². The highest BCUT2D eigenvalue weighted by atomic mass is 16.4. The first-order valence-electron chi connectivity index (χ1n) is 8.07. The molecular weight excluding hydrogens is 334 g/mol. The third-order valence-electron chi connectivity index (χ3n) is 4.00. The third-order valence-corrected chi connectivity index (χ3v) is 4.00. The minimum atomic E-state index is -0.650. The maximum Gasteiger partial charge on any atom is 0.349 e. The summed E-state index contributed by atoms with van der Waals surface area (Å²) in [7, 11) is 0. The van der Waals surface area contributed by atoms with Crippen LogP contribution in [0.1, 0.15) is 10.4 Å². The molecule has 4 aromatic rings. The number of rotatable bonds is 5. The number of carbonyl (C=O) groups excluding carboxylic acids is 1. The Morgan fingerprint density at radius 2 is 2.08 bits per heavy atom. The number of hydrogen-bond acceptors (Lipinski definition) is 5. The van der Waals surface area contributed by atoms with Crippen molar-refractivity contribution in [3.8, 4) is 11.1 Å². The van der Waals surface area contributed by atoms with Crippen molar-refractivity contribution in [3.63, 3.8) is 0 Å². The molecule has 0 aliphatic rings. The first-order valence-corrected chi connectivity index (χ1v) is 8.07. The normalized spacial score (nSPS) is 10.9. The van der Waals surface area contributed by atoms with Gasteiger partial charge in [-0.2, -0.15) is 5.10 Å². The molecule has 0 radical (unpaired) electrons. The van der Waals surface area contributed by atoms with E-state index >= 15 is 0 Å². The SMILES string of the molecule is O=C(NCCn1cc(-c2ccoc2)cn1)c1cc2ccccc2oc1=O. The van der Waals surface area contributed by atoms with Crippen LogP contribution in [-0.4, -0.2) is 22.2 Å². The van der Waals surface area contributed by atoms with Crippen molar-refractivity contribution in [1.29, 1.82) is 0 Å². The first-order chi connectivity index (χ1) is 12.7. The van der Waals surface area contributed by atoms with Gasteiger partial charge >= 0.3 is 5.63 Å². The van der Waals surface area contributed by atoms with E-state index in [0.717, 1.165) is 11.1 Å². The van der Waals surface area contributed by atoms with Gasteiger partial charge < -0.3 is 14.2 Å². The van der Waals surface area contributed by atoms with E-state index in [2.05, 4.69) is 10.4 Å². The molecule has 26 heavy (non-hydrogen) atoms. The van der Waals surface area contributed by atoms with E-state index in [1.165, 1.54) is 0 Å².